The number of aromatic amines is 1. The summed E-state index contributed by atoms with van der Waals surface area (Å²) in [5.41, 5.74) is 18.8. The zero-order chi connectivity index (χ0) is 47.7. The van der Waals surface area contributed by atoms with Crippen molar-refractivity contribution < 1.29 is 4.42 Å². The van der Waals surface area contributed by atoms with E-state index in [1.54, 1.807) is 0 Å². The maximum atomic E-state index is 6.68. The molecule has 3 aromatic heterocycles. The topological polar surface area (TPSA) is 91.5 Å². The minimum atomic E-state index is -0.655. The predicted octanol–water partition coefficient (Wildman–Crippen LogP) is 14.8. The molecule has 15 rings (SSSR count). The van der Waals surface area contributed by atoms with Gasteiger partial charge in [-0.15, -0.1) is 0 Å². The summed E-state index contributed by atoms with van der Waals surface area (Å²) >= 11 is 0. The Kier molecular flexibility index (Phi) is 8.56. The van der Waals surface area contributed by atoms with E-state index in [9.17, 15) is 0 Å². The Morgan fingerprint density at radius 3 is 1.93 bits per heavy atom. The number of benzene rings is 9. The first-order valence-corrected chi connectivity index (χ1v) is 24.7. The normalized spacial score (nSPS) is 16.0. The Bertz CT molecular complexity index is 4240. The van der Waals surface area contributed by atoms with Gasteiger partial charge in [-0.05, 0) is 80.4 Å². The molecule has 0 radical (unpaired) electrons. The Morgan fingerprint density at radius 2 is 1.14 bits per heavy atom. The lowest BCUT2D eigenvalue weighted by atomic mass is 9.55. The Hall–Kier alpha value is -9.20. The number of amidine groups is 2. The van der Waals surface area contributed by atoms with Crippen molar-refractivity contribution >= 4 is 55.5 Å². The van der Waals surface area contributed by atoms with E-state index in [-0.39, 0.29) is 11.6 Å². The van der Waals surface area contributed by atoms with Gasteiger partial charge < -0.3 is 14.7 Å². The molecule has 9 aromatic carbocycles. The first-order chi connectivity index (χ1) is 35.4. The summed E-state index contributed by atoms with van der Waals surface area (Å²) in [4.78, 5) is 25.3. The molecule has 2 N–H and O–H groups in total. The van der Waals surface area contributed by atoms with Gasteiger partial charge in [0.1, 0.15) is 28.8 Å². The number of H-pyrrole nitrogens is 1. The van der Waals surface area contributed by atoms with Crippen molar-refractivity contribution in [1.29, 1.82) is 0 Å². The smallest absolute Gasteiger partial charge is 0.180 e. The lowest BCUT2D eigenvalue weighted by Gasteiger charge is -2.46. The highest BCUT2D eigenvalue weighted by Gasteiger charge is 2.54. The summed E-state index contributed by atoms with van der Waals surface area (Å²) in [6.07, 6.45) is -0.366. The molecule has 0 fully saturated rings. The van der Waals surface area contributed by atoms with Crippen molar-refractivity contribution in [3.05, 3.63) is 262 Å². The first-order valence-electron chi connectivity index (χ1n) is 24.7. The second kappa shape index (κ2) is 15.1. The van der Waals surface area contributed by atoms with E-state index in [0.717, 1.165) is 83.4 Å². The lowest BCUT2D eigenvalue weighted by molar-refractivity contribution is 0.563. The molecule has 0 amide bonds. The van der Waals surface area contributed by atoms with Crippen molar-refractivity contribution in [3.63, 3.8) is 0 Å². The third-order valence-corrected chi connectivity index (χ3v) is 15.6. The molecule has 12 aromatic rings. The molecule has 1 atom stereocenters. The number of rotatable bonds is 5. The van der Waals surface area contributed by atoms with Gasteiger partial charge >= 0.3 is 0 Å². The number of hydrogen-bond acceptors (Lipinski definition) is 6. The fraction of sp³-hybridized carbons (Fsp3) is 0.0769. The highest BCUT2D eigenvalue weighted by Crippen LogP contribution is 2.63. The maximum absolute atomic E-state index is 6.68. The van der Waals surface area contributed by atoms with Crippen LogP contribution in [0.5, 0.6) is 0 Å². The SMILES string of the molecule is CC1(C)c2ccccc2C2(c3ccc(-c4nc(-c5ccc6c(c5)[nH]c5ccccc56)c5oc6ccccc6c5n4)cc3-c3c(C4=NC(c5ccccc5)=NC(c5ccccc5)N4)cccc32)c2ccccc21. The summed E-state index contributed by atoms with van der Waals surface area (Å²) < 4.78 is 6.68. The van der Waals surface area contributed by atoms with Gasteiger partial charge in [-0.1, -0.05) is 196 Å². The molecule has 7 nitrogen and oxygen atoms in total. The van der Waals surface area contributed by atoms with Crippen LogP contribution < -0.4 is 5.32 Å². The molecule has 0 saturated carbocycles. The molecule has 2 aliphatic carbocycles. The van der Waals surface area contributed by atoms with Gasteiger partial charge in [0.15, 0.2) is 17.2 Å². The number of aromatic nitrogens is 3. The van der Waals surface area contributed by atoms with Crippen LogP contribution in [0.15, 0.2) is 227 Å². The van der Waals surface area contributed by atoms with Crippen LogP contribution in [0.3, 0.4) is 0 Å². The summed E-state index contributed by atoms with van der Waals surface area (Å²) in [5.74, 6) is 2.06. The van der Waals surface area contributed by atoms with Crippen LogP contribution in [0.2, 0.25) is 0 Å². The number of fused-ring (bicyclic) bond motifs is 15. The summed E-state index contributed by atoms with van der Waals surface area (Å²) in [7, 11) is 0. The molecule has 7 heteroatoms. The number of para-hydroxylation sites is 2. The molecular weight excluding hydrogens is 881 g/mol. The van der Waals surface area contributed by atoms with Gasteiger partial charge in [0.2, 0.25) is 0 Å². The highest BCUT2D eigenvalue weighted by atomic mass is 16.3. The molecule has 3 aliphatic rings. The standard InChI is InChI=1S/C65H44N6O/c1-64(2)48-25-11-13-27-50(48)65(51-28-14-12-26-49(51)64)47-35-33-41(36-46(47)56-45(24-17-29-52(56)65)63-70-60(38-18-5-3-6-19-38)69-61(71-63)39-20-7-4-8-21-39)62-67-57(59-58(68-62)44-23-10-16-31-55(44)72-59)40-32-34-43-42-22-9-15-30-53(42)66-54(43)37-40/h3-37,60,66H,1-2H3,(H,69,70,71). The minimum absolute atomic E-state index is 0.249. The van der Waals surface area contributed by atoms with Gasteiger partial charge in [-0.25, -0.2) is 20.0 Å². The van der Waals surface area contributed by atoms with Gasteiger partial charge in [-0.3, -0.25) is 0 Å². The summed E-state index contributed by atoms with van der Waals surface area (Å²) in [6.45, 7) is 4.73. The van der Waals surface area contributed by atoms with Crippen LogP contribution in [-0.4, -0.2) is 26.6 Å². The Labute approximate surface area is 415 Å². The quantitative estimate of drug-likeness (QED) is 0.180. The van der Waals surface area contributed by atoms with E-state index in [0.29, 0.717) is 17.2 Å². The summed E-state index contributed by atoms with van der Waals surface area (Å²) in [6, 6.07) is 75.7. The average molecular weight is 925 g/mol. The Morgan fingerprint density at radius 1 is 0.486 bits per heavy atom. The molecule has 340 valence electrons. The highest BCUT2D eigenvalue weighted by molar-refractivity contribution is 6.17. The van der Waals surface area contributed by atoms with E-state index in [1.165, 1.54) is 38.8 Å². The van der Waals surface area contributed by atoms with Gasteiger partial charge in [0.05, 0.1) is 5.41 Å². The van der Waals surface area contributed by atoms with Crippen LogP contribution in [0.25, 0.3) is 77.6 Å². The summed E-state index contributed by atoms with van der Waals surface area (Å²) in [5, 5.41) is 7.13. The van der Waals surface area contributed by atoms with Crippen LogP contribution in [0.1, 0.15) is 70.1 Å². The third kappa shape index (κ3) is 5.73. The fourth-order valence-electron chi connectivity index (χ4n) is 12.3. The van der Waals surface area contributed by atoms with E-state index >= 15 is 0 Å². The van der Waals surface area contributed by atoms with Gasteiger partial charge in [0, 0.05) is 54.9 Å². The fourth-order valence-corrected chi connectivity index (χ4v) is 12.3. The second-order valence-electron chi connectivity index (χ2n) is 19.8. The van der Waals surface area contributed by atoms with Crippen LogP contribution >= 0.6 is 0 Å². The van der Waals surface area contributed by atoms with Crippen molar-refractivity contribution in [2.24, 2.45) is 9.98 Å². The molecule has 72 heavy (non-hydrogen) atoms. The van der Waals surface area contributed by atoms with E-state index < -0.39 is 5.41 Å². The van der Waals surface area contributed by atoms with Crippen molar-refractivity contribution in [3.8, 4) is 33.8 Å². The Balaban J connectivity index is 1.00. The number of aliphatic imine (C=N–C) groups is 2. The molecule has 0 bridgehead atoms. The van der Waals surface area contributed by atoms with Crippen LogP contribution in [0, 0.1) is 0 Å². The minimum Gasteiger partial charge on any atom is -0.452 e. The number of furan rings is 1. The number of nitrogens with zero attached hydrogens (tertiary/aromatic N) is 4. The number of nitrogens with one attached hydrogen (secondary N) is 2. The molecule has 1 spiro atoms. The zero-order valence-electron chi connectivity index (χ0n) is 39.5. The second-order valence-corrected chi connectivity index (χ2v) is 19.8. The van der Waals surface area contributed by atoms with E-state index in [4.69, 9.17) is 24.4 Å². The van der Waals surface area contributed by atoms with E-state index in [2.05, 4.69) is 194 Å². The van der Waals surface area contributed by atoms with Crippen LogP contribution in [0.4, 0.5) is 0 Å². The molecular formula is C65H44N6O. The molecule has 4 heterocycles. The van der Waals surface area contributed by atoms with Gasteiger partial charge in [-0.2, -0.15) is 0 Å². The first kappa shape index (κ1) is 40.7. The molecule has 1 unspecified atom stereocenters. The monoisotopic (exact) mass is 924 g/mol. The zero-order valence-corrected chi connectivity index (χ0v) is 39.5. The molecule has 0 saturated heterocycles. The predicted molar refractivity (Wildman–Crippen MR) is 291 cm³/mol. The van der Waals surface area contributed by atoms with Crippen LogP contribution in [-0.2, 0) is 10.8 Å². The van der Waals surface area contributed by atoms with Crippen molar-refractivity contribution in [2.75, 3.05) is 0 Å². The largest absolute Gasteiger partial charge is 0.452 e. The van der Waals surface area contributed by atoms with Crippen molar-refractivity contribution in [1.82, 2.24) is 20.3 Å². The van der Waals surface area contributed by atoms with Crippen molar-refractivity contribution in [2.45, 2.75) is 30.8 Å². The molecule has 1 aliphatic heterocycles. The van der Waals surface area contributed by atoms with Gasteiger partial charge in [0.25, 0.3) is 0 Å². The van der Waals surface area contributed by atoms with E-state index in [1.807, 2.05) is 42.5 Å². The average Bonchev–Trinajstić information content (AvgIpc) is 4.11. The maximum Gasteiger partial charge on any atom is 0.180 e. The lowest BCUT2D eigenvalue weighted by Crippen LogP contribution is -2.40. The third-order valence-electron chi connectivity index (χ3n) is 15.6. The number of hydrogen-bond donors (Lipinski definition) is 2.